The molecule has 0 spiro atoms. The second-order valence-corrected chi connectivity index (χ2v) is 5.57. The second-order valence-electron chi connectivity index (χ2n) is 4.67. The van der Waals surface area contributed by atoms with E-state index in [-0.39, 0.29) is 0 Å². The van der Waals surface area contributed by atoms with Crippen molar-refractivity contribution in [3.63, 3.8) is 0 Å². The number of aryl methyl sites for hydroxylation is 1. The van der Waals surface area contributed by atoms with Crippen LogP contribution in [0.5, 0.6) is 0 Å². The molecule has 2 aromatic heterocycles. The van der Waals surface area contributed by atoms with Gasteiger partial charge in [-0.3, -0.25) is 0 Å². The molecular weight excluding hydrogens is 268 g/mol. The van der Waals surface area contributed by atoms with E-state index in [0.717, 1.165) is 29.0 Å². The fraction of sp³-hybridized carbons (Fsp3) is 0.200. The quantitative estimate of drug-likeness (QED) is 0.772. The van der Waals surface area contributed by atoms with Gasteiger partial charge >= 0.3 is 0 Å². The van der Waals surface area contributed by atoms with Gasteiger partial charge in [0.2, 0.25) is 5.95 Å². The number of hydrogen-bond donors (Lipinski definition) is 2. The van der Waals surface area contributed by atoms with E-state index in [4.69, 9.17) is 5.73 Å². The van der Waals surface area contributed by atoms with Crippen LogP contribution < -0.4 is 11.1 Å². The summed E-state index contributed by atoms with van der Waals surface area (Å²) in [6.45, 7) is 2.96. The Labute approximate surface area is 121 Å². The summed E-state index contributed by atoms with van der Waals surface area (Å²) in [6, 6.07) is 10.4. The summed E-state index contributed by atoms with van der Waals surface area (Å²) in [5.74, 6) is 1.14. The van der Waals surface area contributed by atoms with Crippen LogP contribution in [0.1, 0.15) is 11.1 Å². The number of nitrogens with zero attached hydrogens (tertiary/aromatic N) is 2. The maximum Gasteiger partial charge on any atom is 0.223 e. The minimum Gasteiger partial charge on any atom is -0.369 e. The minimum absolute atomic E-state index is 0.318. The number of fused-ring (bicyclic) bond motifs is 1. The molecule has 0 atom stereocenters. The van der Waals surface area contributed by atoms with Crippen molar-refractivity contribution in [2.45, 2.75) is 13.3 Å². The number of thiophene rings is 1. The normalized spacial score (nSPS) is 10.8. The van der Waals surface area contributed by atoms with Gasteiger partial charge in [0.25, 0.3) is 0 Å². The topological polar surface area (TPSA) is 63.8 Å². The summed E-state index contributed by atoms with van der Waals surface area (Å²) in [4.78, 5) is 9.44. The van der Waals surface area contributed by atoms with Crippen molar-refractivity contribution in [3.8, 4) is 0 Å². The average molecular weight is 284 g/mol. The van der Waals surface area contributed by atoms with E-state index < -0.39 is 0 Å². The van der Waals surface area contributed by atoms with Crippen molar-refractivity contribution >= 4 is 33.3 Å². The largest absolute Gasteiger partial charge is 0.369 e. The van der Waals surface area contributed by atoms with Crippen LogP contribution in [-0.2, 0) is 6.42 Å². The zero-order valence-corrected chi connectivity index (χ0v) is 12.1. The fourth-order valence-electron chi connectivity index (χ4n) is 2.21. The van der Waals surface area contributed by atoms with Crippen molar-refractivity contribution in [2.75, 3.05) is 17.6 Å². The molecule has 0 aliphatic carbocycles. The number of rotatable bonds is 4. The maximum absolute atomic E-state index is 5.74. The van der Waals surface area contributed by atoms with Crippen LogP contribution >= 0.6 is 11.3 Å². The van der Waals surface area contributed by atoms with E-state index >= 15 is 0 Å². The van der Waals surface area contributed by atoms with Gasteiger partial charge in [-0.05, 0) is 35.9 Å². The lowest BCUT2D eigenvalue weighted by Gasteiger charge is -2.09. The fourth-order valence-corrected chi connectivity index (χ4v) is 2.98. The monoisotopic (exact) mass is 284 g/mol. The molecule has 2 heterocycles. The first-order valence-electron chi connectivity index (χ1n) is 6.53. The Kier molecular flexibility index (Phi) is 3.52. The van der Waals surface area contributed by atoms with Crippen LogP contribution in [0.4, 0.5) is 11.8 Å². The van der Waals surface area contributed by atoms with Crippen molar-refractivity contribution in [2.24, 2.45) is 0 Å². The molecule has 3 rings (SSSR count). The van der Waals surface area contributed by atoms with E-state index in [9.17, 15) is 0 Å². The highest BCUT2D eigenvalue weighted by molar-refractivity contribution is 7.16. The Bertz CT molecular complexity index is 736. The van der Waals surface area contributed by atoms with Gasteiger partial charge in [0.15, 0.2) is 0 Å². The number of hydrogen-bond acceptors (Lipinski definition) is 5. The molecule has 5 heteroatoms. The highest BCUT2D eigenvalue weighted by atomic mass is 32.1. The molecule has 0 fully saturated rings. The van der Waals surface area contributed by atoms with E-state index in [1.807, 2.05) is 11.4 Å². The Morgan fingerprint density at radius 1 is 1.20 bits per heavy atom. The molecule has 0 saturated carbocycles. The smallest absolute Gasteiger partial charge is 0.223 e. The third-order valence-electron chi connectivity index (χ3n) is 3.29. The number of aromatic nitrogens is 2. The lowest BCUT2D eigenvalue weighted by molar-refractivity contribution is 0.995. The summed E-state index contributed by atoms with van der Waals surface area (Å²) >= 11 is 1.58. The second kappa shape index (κ2) is 5.46. The summed E-state index contributed by atoms with van der Waals surface area (Å²) in [6.07, 6.45) is 0.961. The highest BCUT2D eigenvalue weighted by Gasteiger charge is 2.07. The predicted octanol–water partition coefficient (Wildman–Crippen LogP) is 3.24. The summed E-state index contributed by atoms with van der Waals surface area (Å²) in [5.41, 5.74) is 8.40. The van der Waals surface area contributed by atoms with Crippen molar-refractivity contribution < 1.29 is 0 Å². The molecule has 20 heavy (non-hydrogen) atoms. The highest BCUT2D eigenvalue weighted by Crippen LogP contribution is 2.25. The Morgan fingerprint density at radius 3 is 2.90 bits per heavy atom. The molecule has 0 bridgehead atoms. The van der Waals surface area contributed by atoms with E-state index in [0.29, 0.717) is 5.95 Å². The Balaban J connectivity index is 1.74. The zero-order chi connectivity index (χ0) is 13.9. The first-order chi connectivity index (χ1) is 9.74. The van der Waals surface area contributed by atoms with Crippen molar-refractivity contribution in [3.05, 3.63) is 46.8 Å². The van der Waals surface area contributed by atoms with Crippen LogP contribution in [0, 0.1) is 6.92 Å². The van der Waals surface area contributed by atoms with Gasteiger partial charge in [-0.25, -0.2) is 4.98 Å². The lowest BCUT2D eigenvalue weighted by atomic mass is 10.1. The van der Waals surface area contributed by atoms with Gasteiger partial charge in [0, 0.05) is 6.54 Å². The van der Waals surface area contributed by atoms with Gasteiger partial charge in [-0.2, -0.15) is 4.98 Å². The lowest BCUT2D eigenvalue weighted by Crippen LogP contribution is -2.08. The number of anilines is 2. The summed E-state index contributed by atoms with van der Waals surface area (Å²) in [7, 11) is 0. The van der Waals surface area contributed by atoms with Gasteiger partial charge in [0.1, 0.15) is 10.6 Å². The maximum atomic E-state index is 5.74. The van der Waals surface area contributed by atoms with Crippen LogP contribution in [0.2, 0.25) is 0 Å². The zero-order valence-electron chi connectivity index (χ0n) is 11.3. The van der Waals surface area contributed by atoms with E-state index in [2.05, 4.69) is 46.5 Å². The summed E-state index contributed by atoms with van der Waals surface area (Å²) in [5, 5.41) is 6.41. The molecule has 3 aromatic rings. The minimum atomic E-state index is 0.318. The number of benzene rings is 1. The molecule has 0 saturated heterocycles. The number of nitrogens with two attached hydrogens (primary N) is 1. The van der Waals surface area contributed by atoms with E-state index in [1.165, 1.54) is 11.1 Å². The average Bonchev–Trinajstić information content (AvgIpc) is 2.89. The molecule has 0 aliphatic heterocycles. The Hall–Kier alpha value is -2.14. The third kappa shape index (κ3) is 2.58. The van der Waals surface area contributed by atoms with Gasteiger partial charge in [-0.1, -0.05) is 24.3 Å². The number of nitrogens with one attached hydrogen (secondary N) is 1. The molecule has 0 amide bonds. The third-order valence-corrected chi connectivity index (χ3v) is 4.10. The molecular formula is C15H16N4S. The molecule has 1 aromatic carbocycles. The predicted molar refractivity (Wildman–Crippen MR) is 85.2 cm³/mol. The molecule has 0 unspecified atom stereocenters. The molecule has 0 aliphatic rings. The van der Waals surface area contributed by atoms with Crippen molar-refractivity contribution in [1.29, 1.82) is 0 Å². The molecule has 4 nitrogen and oxygen atoms in total. The first kappa shape index (κ1) is 12.9. The number of nitrogen functional groups attached to an aromatic ring is 1. The van der Waals surface area contributed by atoms with Gasteiger partial charge in [0.05, 0.1) is 5.39 Å². The standard InChI is InChI=1S/C15H16N4S/c1-10-4-2-3-5-11(10)6-8-17-13-12-7-9-20-14(12)19-15(16)18-13/h2-5,7,9H,6,8H2,1H3,(H3,16,17,18,19). The van der Waals surface area contributed by atoms with E-state index in [1.54, 1.807) is 11.3 Å². The van der Waals surface area contributed by atoms with Crippen LogP contribution in [0.3, 0.4) is 0 Å². The Morgan fingerprint density at radius 2 is 2.05 bits per heavy atom. The van der Waals surface area contributed by atoms with Crippen LogP contribution in [0.15, 0.2) is 35.7 Å². The van der Waals surface area contributed by atoms with Crippen LogP contribution in [0.25, 0.3) is 10.2 Å². The van der Waals surface area contributed by atoms with Gasteiger partial charge in [-0.15, -0.1) is 11.3 Å². The first-order valence-corrected chi connectivity index (χ1v) is 7.41. The molecule has 102 valence electrons. The molecule has 0 radical (unpaired) electrons. The van der Waals surface area contributed by atoms with Crippen molar-refractivity contribution in [1.82, 2.24) is 9.97 Å². The SMILES string of the molecule is Cc1ccccc1CCNc1nc(N)nc2sccc12. The summed E-state index contributed by atoms with van der Waals surface area (Å²) < 4.78 is 0. The van der Waals surface area contributed by atoms with Crippen LogP contribution in [-0.4, -0.2) is 16.5 Å². The molecule has 3 N–H and O–H groups in total. The van der Waals surface area contributed by atoms with Gasteiger partial charge < -0.3 is 11.1 Å².